The van der Waals surface area contributed by atoms with E-state index in [4.69, 9.17) is 9.47 Å². The molecule has 46 heavy (non-hydrogen) atoms. The van der Waals surface area contributed by atoms with Gasteiger partial charge in [-0.1, -0.05) is 60.7 Å². The number of aromatic hydroxyl groups is 1. The van der Waals surface area contributed by atoms with Gasteiger partial charge in [0.15, 0.2) is 11.4 Å². The molecule has 0 fully saturated rings. The molecule has 0 aliphatic carbocycles. The summed E-state index contributed by atoms with van der Waals surface area (Å²) in [5.74, 6) is -0.982. The molecule has 6 rings (SSSR count). The first-order valence-corrected chi connectivity index (χ1v) is 15.2. The number of phenols is 1. The number of nitrogens with zero attached hydrogens (tertiary/aromatic N) is 2. The molecular weight excluding hydrogens is 582 g/mol. The highest BCUT2D eigenvalue weighted by Gasteiger charge is 2.55. The lowest BCUT2D eigenvalue weighted by atomic mass is 9.83. The summed E-state index contributed by atoms with van der Waals surface area (Å²) in [5, 5.41) is 10.4. The normalized spacial score (nSPS) is 14.1. The minimum atomic E-state index is -1.75. The number of esters is 2. The minimum absolute atomic E-state index is 0.0809. The number of rotatable bonds is 7. The smallest absolute Gasteiger partial charge is 0.508 e. The molecule has 3 heterocycles. The topological polar surface area (TPSA) is 80.8 Å². The Bertz CT molecular complexity index is 1980. The molecular formula is C37H35BFN2O5+. The summed E-state index contributed by atoms with van der Waals surface area (Å²) in [7, 11) is -1.75. The van der Waals surface area contributed by atoms with Crippen molar-refractivity contribution in [2.45, 2.75) is 54.8 Å². The van der Waals surface area contributed by atoms with Crippen LogP contribution < -0.4 is 0 Å². The molecule has 0 atom stereocenters. The second-order valence-electron chi connectivity index (χ2n) is 11.9. The standard InChI is InChI=1S/C37H34BFN2O5/c1-21-17-29(42)18-22(2)30(21)33-34-23(3)31(36(43)45-19-27-13-9-7-10-14-27)25(5)40(34)38(39)41-26(6)32(24(4)35(33)41)37(44)46-20-28-15-11-8-12-16-28/h7-18H,19-20H2,1-6H3/p+1. The Hall–Kier alpha value is -5.18. The first-order valence-electron chi connectivity index (χ1n) is 15.2. The van der Waals surface area contributed by atoms with E-state index in [2.05, 4.69) is 0 Å². The molecule has 232 valence electrons. The summed E-state index contributed by atoms with van der Waals surface area (Å²) >= 11 is 0. The number of allylic oxidation sites excluding steroid dienone is 1. The van der Waals surface area contributed by atoms with Crippen LogP contribution in [0.5, 0.6) is 5.75 Å². The van der Waals surface area contributed by atoms with Crippen LogP contribution in [0.25, 0.3) is 5.57 Å². The van der Waals surface area contributed by atoms with Crippen molar-refractivity contribution >= 4 is 30.5 Å². The fourth-order valence-electron chi connectivity index (χ4n) is 6.86. The van der Waals surface area contributed by atoms with Gasteiger partial charge in [-0.15, -0.1) is 0 Å². The van der Waals surface area contributed by atoms with Crippen LogP contribution in [0.4, 0.5) is 4.32 Å². The van der Waals surface area contributed by atoms with Crippen LogP contribution in [-0.4, -0.2) is 39.0 Å². The second-order valence-corrected chi connectivity index (χ2v) is 11.9. The van der Waals surface area contributed by atoms with Gasteiger partial charge in [0.05, 0.1) is 16.8 Å². The van der Waals surface area contributed by atoms with Gasteiger partial charge in [0.2, 0.25) is 0 Å². The van der Waals surface area contributed by atoms with Crippen LogP contribution in [0.15, 0.2) is 89.6 Å². The van der Waals surface area contributed by atoms with Gasteiger partial charge in [-0.25, -0.2) is 18.4 Å². The molecule has 0 spiro atoms. The zero-order chi connectivity index (χ0) is 32.9. The van der Waals surface area contributed by atoms with Gasteiger partial charge in [-0.2, -0.15) is 0 Å². The average Bonchev–Trinajstić information content (AvgIpc) is 3.45. The van der Waals surface area contributed by atoms with E-state index < -0.39 is 19.2 Å². The molecule has 0 saturated heterocycles. The number of phenolic OH excluding ortho intramolecular Hbond substituents is 1. The number of benzene rings is 3. The van der Waals surface area contributed by atoms with E-state index in [-0.39, 0.29) is 19.0 Å². The monoisotopic (exact) mass is 617 g/mol. The lowest BCUT2D eigenvalue weighted by Gasteiger charge is -2.24. The number of ether oxygens (including phenoxy) is 2. The molecule has 1 N–H and O–H groups in total. The van der Waals surface area contributed by atoms with E-state index in [0.717, 1.165) is 27.8 Å². The summed E-state index contributed by atoms with van der Waals surface area (Å²) in [6.45, 7) is 10.9. The van der Waals surface area contributed by atoms with E-state index in [1.54, 1.807) is 39.8 Å². The van der Waals surface area contributed by atoms with Gasteiger partial charge in [0, 0.05) is 18.2 Å². The van der Waals surface area contributed by atoms with Gasteiger partial charge in [0.1, 0.15) is 24.5 Å². The highest BCUT2D eigenvalue weighted by Crippen LogP contribution is 2.46. The molecule has 2 aliphatic heterocycles. The number of halogens is 1. The maximum Gasteiger partial charge on any atom is 0.846 e. The third kappa shape index (κ3) is 5.06. The Morgan fingerprint density at radius 2 is 1.35 bits per heavy atom. The minimum Gasteiger partial charge on any atom is -0.508 e. The molecule has 7 nitrogen and oxygen atoms in total. The lowest BCUT2D eigenvalue weighted by Crippen LogP contribution is -2.41. The molecule has 0 amide bonds. The second kappa shape index (κ2) is 12.0. The van der Waals surface area contributed by atoms with E-state index >= 15 is 4.32 Å². The van der Waals surface area contributed by atoms with Crippen molar-refractivity contribution in [2.75, 3.05) is 0 Å². The molecule has 1 aromatic heterocycles. The molecule has 0 unspecified atom stereocenters. The van der Waals surface area contributed by atoms with Gasteiger partial charge in [-0.05, 0) is 80.1 Å². The molecule has 4 aromatic rings. The molecule has 2 aliphatic rings. The Labute approximate surface area is 268 Å². The Morgan fingerprint density at radius 1 is 0.826 bits per heavy atom. The van der Waals surface area contributed by atoms with E-state index in [1.165, 1.54) is 8.96 Å². The van der Waals surface area contributed by atoms with E-state index in [1.807, 2.05) is 74.5 Å². The van der Waals surface area contributed by atoms with Crippen molar-refractivity contribution in [1.29, 1.82) is 0 Å². The van der Waals surface area contributed by atoms with Crippen molar-refractivity contribution < 1.29 is 33.0 Å². The zero-order valence-electron chi connectivity index (χ0n) is 26.8. The number of hydrogen-bond donors (Lipinski definition) is 1. The van der Waals surface area contributed by atoms with Gasteiger partial charge < -0.3 is 14.6 Å². The van der Waals surface area contributed by atoms with Crippen molar-refractivity contribution in [1.82, 2.24) is 4.48 Å². The number of fused-ring (bicyclic) bond motifs is 2. The van der Waals surface area contributed by atoms with Crippen molar-refractivity contribution in [3.63, 3.8) is 0 Å². The molecule has 0 radical (unpaired) electrons. The van der Waals surface area contributed by atoms with E-state index in [0.29, 0.717) is 50.6 Å². The predicted octanol–water partition coefficient (Wildman–Crippen LogP) is 6.91. The van der Waals surface area contributed by atoms with Gasteiger partial charge in [0.25, 0.3) is 0 Å². The maximum absolute atomic E-state index is 17.0. The average molecular weight is 618 g/mol. The third-order valence-electron chi connectivity index (χ3n) is 8.89. The van der Waals surface area contributed by atoms with Crippen LogP contribution in [0.2, 0.25) is 0 Å². The third-order valence-corrected chi connectivity index (χ3v) is 8.89. The van der Waals surface area contributed by atoms with Crippen molar-refractivity contribution in [3.05, 3.63) is 140 Å². The predicted molar refractivity (Wildman–Crippen MR) is 175 cm³/mol. The zero-order valence-corrected chi connectivity index (χ0v) is 26.8. The number of hydrogen-bond acceptors (Lipinski definition) is 5. The molecule has 3 aromatic carbocycles. The number of aromatic nitrogens is 1. The first-order chi connectivity index (χ1) is 22.0. The van der Waals surface area contributed by atoms with Crippen LogP contribution in [0.3, 0.4) is 0 Å². The summed E-state index contributed by atoms with van der Waals surface area (Å²) in [5.41, 5.74) is 8.24. The number of aryl methyl sites for hydroxylation is 2. The Morgan fingerprint density at radius 3 is 1.89 bits per heavy atom. The van der Waals surface area contributed by atoms with Crippen LogP contribution in [0.1, 0.15) is 69.0 Å². The number of carbonyl (C=O) groups excluding carboxylic acids is 2. The summed E-state index contributed by atoms with van der Waals surface area (Å²) in [6, 6.07) is 22.1. The summed E-state index contributed by atoms with van der Waals surface area (Å²) < 4.78 is 31.5. The van der Waals surface area contributed by atoms with Crippen molar-refractivity contribution in [2.24, 2.45) is 0 Å². The Balaban J connectivity index is 1.53. The highest BCUT2D eigenvalue weighted by atomic mass is 19.1. The molecule has 9 heteroatoms. The van der Waals surface area contributed by atoms with Crippen molar-refractivity contribution in [3.8, 4) is 5.75 Å². The largest absolute Gasteiger partial charge is 0.846 e. The lowest BCUT2D eigenvalue weighted by molar-refractivity contribution is -0.337. The van der Waals surface area contributed by atoms with Crippen LogP contribution in [-0.2, 0) is 27.5 Å². The SMILES string of the molecule is CC1=C(C(=O)OCc2ccccc2)C(C)=[N+]2B(F)n3c(C)c(C(=O)OCc4ccccc4)c(C)c3C(c3c(C)cc(O)cc3C)=C12. The van der Waals surface area contributed by atoms with E-state index in [9.17, 15) is 14.7 Å². The number of carbonyl (C=O) groups is 2. The highest BCUT2D eigenvalue weighted by molar-refractivity contribution is 6.45. The molecule has 0 bridgehead atoms. The van der Waals surface area contributed by atoms with Crippen LogP contribution >= 0.6 is 0 Å². The Kier molecular flexibility index (Phi) is 8.02. The first kappa shape index (κ1) is 30.8. The maximum atomic E-state index is 17.0. The summed E-state index contributed by atoms with van der Waals surface area (Å²) in [4.78, 5) is 27.2. The van der Waals surface area contributed by atoms with Crippen LogP contribution in [0, 0.1) is 27.7 Å². The molecule has 0 saturated carbocycles. The van der Waals surface area contributed by atoms with Gasteiger partial charge in [-0.3, -0.25) is 4.48 Å². The summed E-state index contributed by atoms with van der Waals surface area (Å²) in [6.07, 6.45) is 0. The quantitative estimate of drug-likeness (QED) is 0.180. The fraction of sp³-hybridized carbons (Fsp3) is 0.216. The fourth-order valence-corrected chi connectivity index (χ4v) is 6.86. The van der Waals surface area contributed by atoms with Gasteiger partial charge >= 0.3 is 19.2 Å².